The fourth-order valence-corrected chi connectivity index (χ4v) is 3.79. The molecule has 0 aliphatic rings. The van der Waals surface area contributed by atoms with Crippen LogP contribution in [0.25, 0.3) is 5.69 Å². The largest absolute Gasteiger partial charge is 0.322 e. The third kappa shape index (κ3) is 6.77. The van der Waals surface area contributed by atoms with Crippen LogP contribution in [0.5, 0.6) is 0 Å². The minimum Gasteiger partial charge on any atom is -0.315 e. The highest BCUT2D eigenvalue weighted by atomic mass is 35.5. The lowest BCUT2D eigenvalue weighted by molar-refractivity contribution is -0.116. The van der Waals surface area contributed by atoms with E-state index in [1.54, 1.807) is 22.9 Å². The Kier molecular flexibility index (Phi) is 8.46. The maximum absolute atomic E-state index is 13.1. The maximum Gasteiger partial charge on any atom is 0.322 e. The molecule has 0 aliphatic heterocycles. The zero-order valence-corrected chi connectivity index (χ0v) is 22.2. The number of nitrogens with one attached hydrogen (secondary N) is 2. The minimum atomic E-state index is -0.378. The summed E-state index contributed by atoms with van der Waals surface area (Å²) in [4.78, 5) is 27.4. The number of amides is 3. The van der Waals surface area contributed by atoms with Gasteiger partial charge in [-0.1, -0.05) is 69.1 Å². The minimum absolute atomic E-state index is 0.127. The van der Waals surface area contributed by atoms with Crippen molar-refractivity contribution in [2.75, 3.05) is 23.7 Å². The molecule has 0 unspecified atom stereocenters. The van der Waals surface area contributed by atoms with Gasteiger partial charge in [0.25, 0.3) is 0 Å². The highest BCUT2D eigenvalue weighted by Gasteiger charge is 2.23. The van der Waals surface area contributed by atoms with Crippen LogP contribution < -0.4 is 10.6 Å². The van der Waals surface area contributed by atoms with Crippen molar-refractivity contribution in [2.45, 2.75) is 46.5 Å². The summed E-state index contributed by atoms with van der Waals surface area (Å²) in [6.07, 6.45) is 0.696. The monoisotopic (exact) mass is 515 g/mol. The first kappa shape index (κ1) is 26.6. The first-order valence-corrected chi connectivity index (χ1v) is 12.2. The molecule has 3 amide bonds. The number of rotatable bonds is 7. The molecule has 0 saturated heterocycles. The summed E-state index contributed by atoms with van der Waals surface area (Å²) in [5.41, 5.74) is 2.69. The third-order valence-corrected chi connectivity index (χ3v) is 6.09. The molecule has 0 bridgehead atoms. The van der Waals surface area contributed by atoms with Gasteiger partial charge in [-0.15, -0.1) is 0 Å². The standard InChI is InChI=1S/C26H31Cl2N5O2/c1-6-13-32(25(35)29-18-12-11-17(2)20(28)14-18)16-24(34)30-23-15-22(26(3,4)5)31-33(23)21-10-8-7-9-19(21)27/h7-12,14-15H,6,13,16H2,1-5H3,(H,29,35)(H,30,34). The van der Waals surface area contributed by atoms with Gasteiger partial charge in [0.05, 0.1) is 16.4 Å². The van der Waals surface area contributed by atoms with Crippen molar-refractivity contribution in [1.29, 1.82) is 0 Å². The summed E-state index contributed by atoms with van der Waals surface area (Å²) in [7, 11) is 0. The van der Waals surface area contributed by atoms with Gasteiger partial charge in [-0.25, -0.2) is 9.48 Å². The molecule has 1 heterocycles. The number of hydrogen-bond donors (Lipinski definition) is 2. The molecular formula is C26H31Cl2N5O2. The second kappa shape index (κ2) is 11.1. The van der Waals surface area contributed by atoms with E-state index in [9.17, 15) is 9.59 Å². The van der Waals surface area contributed by atoms with E-state index in [0.29, 0.717) is 40.2 Å². The SMILES string of the molecule is CCCN(CC(=O)Nc1cc(C(C)(C)C)nn1-c1ccccc1Cl)C(=O)Nc1ccc(C)c(Cl)c1. The van der Waals surface area contributed by atoms with Crippen LogP contribution in [-0.4, -0.2) is 39.7 Å². The number of aryl methyl sites for hydroxylation is 1. The number of halogens is 2. The molecule has 3 rings (SSSR count). The van der Waals surface area contributed by atoms with Gasteiger partial charge in [0.1, 0.15) is 12.4 Å². The van der Waals surface area contributed by atoms with E-state index in [0.717, 1.165) is 11.3 Å². The van der Waals surface area contributed by atoms with Crippen molar-refractivity contribution >= 4 is 46.6 Å². The highest BCUT2D eigenvalue weighted by molar-refractivity contribution is 6.32. The van der Waals surface area contributed by atoms with Gasteiger partial charge in [0.2, 0.25) is 5.91 Å². The fourth-order valence-electron chi connectivity index (χ4n) is 3.39. The van der Waals surface area contributed by atoms with Gasteiger partial charge in [0.15, 0.2) is 0 Å². The van der Waals surface area contributed by atoms with E-state index in [1.807, 2.05) is 65.0 Å². The fraction of sp³-hybridized carbons (Fsp3) is 0.346. The van der Waals surface area contributed by atoms with E-state index < -0.39 is 0 Å². The van der Waals surface area contributed by atoms with Crippen LogP contribution in [0.4, 0.5) is 16.3 Å². The number of para-hydroxylation sites is 1. The lowest BCUT2D eigenvalue weighted by Gasteiger charge is -2.22. The van der Waals surface area contributed by atoms with Crippen LogP contribution >= 0.6 is 23.2 Å². The lowest BCUT2D eigenvalue weighted by atomic mass is 9.92. The summed E-state index contributed by atoms with van der Waals surface area (Å²) in [6, 6.07) is 14.0. The van der Waals surface area contributed by atoms with Crippen molar-refractivity contribution in [3.8, 4) is 5.69 Å². The van der Waals surface area contributed by atoms with Crippen molar-refractivity contribution in [3.63, 3.8) is 0 Å². The number of carbonyl (C=O) groups is 2. The summed E-state index contributed by atoms with van der Waals surface area (Å²) in [5, 5.41) is 11.5. The summed E-state index contributed by atoms with van der Waals surface area (Å²) in [5.74, 6) is 0.138. The van der Waals surface area contributed by atoms with E-state index in [-0.39, 0.29) is 23.9 Å². The van der Waals surface area contributed by atoms with Crippen LogP contribution in [0.3, 0.4) is 0 Å². The number of hydrogen-bond acceptors (Lipinski definition) is 3. The summed E-state index contributed by atoms with van der Waals surface area (Å²) >= 11 is 12.6. The molecule has 2 aromatic carbocycles. The Morgan fingerprint density at radius 1 is 1.03 bits per heavy atom. The van der Waals surface area contributed by atoms with Gasteiger partial charge < -0.3 is 15.5 Å². The molecule has 0 aliphatic carbocycles. The molecule has 1 aromatic heterocycles. The van der Waals surface area contributed by atoms with Gasteiger partial charge in [-0.2, -0.15) is 5.10 Å². The lowest BCUT2D eigenvalue weighted by Crippen LogP contribution is -2.41. The van der Waals surface area contributed by atoms with Crippen LogP contribution in [0.2, 0.25) is 10.0 Å². The van der Waals surface area contributed by atoms with Crippen molar-refractivity contribution < 1.29 is 9.59 Å². The second-order valence-electron chi connectivity index (χ2n) is 9.39. The molecule has 0 radical (unpaired) electrons. The topological polar surface area (TPSA) is 79.3 Å². The molecule has 9 heteroatoms. The van der Waals surface area contributed by atoms with E-state index in [2.05, 4.69) is 10.6 Å². The highest BCUT2D eigenvalue weighted by Crippen LogP contribution is 2.29. The third-order valence-electron chi connectivity index (χ3n) is 5.36. The summed E-state index contributed by atoms with van der Waals surface area (Å²) in [6.45, 7) is 10.3. The Balaban J connectivity index is 1.80. The van der Waals surface area contributed by atoms with Crippen LogP contribution in [-0.2, 0) is 10.2 Å². The Morgan fingerprint density at radius 3 is 2.37 bits per heavy atom. The predicted octanol–water partition coefficient (Wildman–Crippen LogP) is 6.67. The zero-order valence-electron chi connectivity index (χ0n) is 20.7. The molecule has 35 heavy (non-hydrogen) atoms. The van der Waals surface area contributed by atoms with Crippen molar-refractivity contribution in [3.05, 3.63) is 69.8 Å². The normalized spacial score (nSPS) is 11.3. The first-order chi connectivity index (χ1) is 16.5. The van der Waals surface area contributed by atoms with Crippen LogP contribution in [0.1, 0.15) is 45.4 Å². The molecule has 3 aromatic rings. The van der Waals surface area contributed by atoms with Gasteiger partial charge in [-0.05, 0) is 43.2 Å². The first-order valence-electron chi connectivity index (χ1n) is 11.5. The molecule has 186 valence electrons. The Morgan fingerprint density at radius 2 is 1.74 bits per heavy atom. The number of anilines is 2. The molecule has 0 spiro atoms. The molecule has 0 fully saturated rings. The smallest absolute Gasteiger partial charge is 0.315 e. The average Bonchev–Trinajstić information content (AvgIpc) is 3.20. The van der Waals surface area contributed by atoms with Crippen LogP contribution in [0.15, 0.2) is 48.5 Å². The number of aromatic nitrogens is 2. The Labute approximate surface area is 216 Å². The van der Waals surface area contributed by atoms with E-state index >= 15 is 0 Å². The molecule has 7 nitrogen and oxygen atoms in total. The maximum atomic E-state index is 13.1. The van der Waals surface area contributed by atoms with Crippen molar-refractivity contribution in [1.82, 2.24) is 14.7 Å². The molecule has 0 saturated carbocycles. The molecular weight excluding hydrogens is 485 g/mol. The number of urea groups is 1. The number of carbonyl (C=O) groups excluding carboxylic acids is 2. The van der Waals surface area contributed by atoms with Crippen molar-refractivity contribution in [2.24, 2.45) is 0 Å². The van der Waals surface area contributed by atoms with Crippen LogP contribution in [0, 0.1) is 6.92 Å². The average molecular weight is 516 g/mol. The molecule has 2 N–H and O–H groups in total. The number of benzene rings is 2. The summed E-state index contributed by atoms with van der Waals surface area (Å²) < 4.78 is 1.62. The quantitative estimate of drug-likeness (QED) is 0.368. The Bertz CT molecular complexity index is 1220. The molecule has 0 atom stereocenters. The van der Waals surface area contributed by atoms with Gasteiger partial charge >= 0.3 is 6.03 Å². The predicted molar refractivity (Wildman–Crippen MR) is 143 cm³/mol. The zero-order chi connectivity index (χ0) is 25.8. The van der Waals surface area contributed by atoms with E-state index in [4.69, 9.17) is 28.3 Å². The van der Waals surface area contributed by atoms with Gasteiger partial charge in [-0.3, -0.25) is 4.79 Å². The second-order valence-corrected chi connectivity index (χ2v) is 10.2. The van der Waals surface area contributed by atoms with E-state index in [1.165, 1.54) is 4.90 Å². The number of nitrogens with zero attached hydrogens (tertiary/aromatic N) is 3. The van der Waals surface area contributed by atoms with Gasteiger partial charge in [0, 0.05) is 28.7 Å². The Hall–Kier alpha value is -3.03.